The molecule has 0 amide bonds. The minimum absolute atomic E-state index is 0. The van der Waals surface area contributed by atoms with Crippen LogP contribution < -0.4 is 5.73 Å². The molecule has 1 aromatic carbocycles. The summed E-state index contributed by atoms with van der Waals surface area (Å²) in [5.41, 5.74) is 6.67. The number of nitrogens with two attached hydrogens (primary N) is 1. The minimum atomic E-state index is -0.165. The van der Waals surface area contributed by atoms with E-state index in [1.54, 1.807) is 12.1 Å². The largest absolute Gasteiger partial charge is 0.327 e. The molecule has 66 valence electrons. The van der Waals surface area contributed by atoms with Crippen molar-refractivity contribution in [2.75, 3.05) is 0 Å². The Morgan fingerprint density at radius 1 is 1.42 bits per heavy atom. The Bertz CT molecular complexity index is 277. The molecule has 0 saturated heterocycles. The summed E-state index contributed by atoms with van der Waals surface area (Å²) in [5, 5.41) is 0. The van der Waals surface area contributed by atoms with Gasteiger partial charge in [-0.1, -0.05) is 12.1 Å². The first-order valence-electron chi connectivity index (χ1n) is 3.78. The first kappa shape index (κ1) is 9.49. The fourth-order valence-electron chi connectivity index (χ4n) is 1.34. The molecule has 2 atom stereocenters. The molecule has 1 fully saturated rings. The van der Waals surface area contributed by atoms with Crippen LogP contribution in [0.25, 0.3) is 0 Å². The Hall–Kier alpha value is -0.600. The first-order valence-corrected chi connectivity index (χ1v) is 3.78. The van der Waals surface area contributed by atoms with E-state index in [1.807, 2.05) is 6.07 Å². The molecule has 1 aromatic rings. The first-order chi connectivity index (χ1) is 5.27. The predicted molar refractivity (Wildman–Crippen MR) is 49.0 cm³/mol. The molecule has 0 spiro atoms. The van der Waals surface area contributed by atoms with Gasteiger partial charge in [-0.05, 0) is 24.1 Å². The van der Waals surface area contributed by atoms with Crippen molar-refractivity contribution < 1.29 is 4.39 Å². The van der Waals surface area contributed by atoms with Gasteiger partial charge in [-0.3, -0.25) is 0 Å². The lowest BCUT2D eigenvalue weighted by molar-refractivity contribution is 0.625. The minimum Gasteiger partial charge on any atom is -0.327 e. The summed E-state index contributed by atoms with van der Waals surface area (Å²) >= 11 is 0. The monoisotopic (exact) mass is 187 g/mol. The van der Waals surface area contributed by atoms with Crippen molar-refractivity contribution in [1.29, 1.82) is 0 Å². The van der Waals surface area contributed by atoms with E-state index in [1.165, 1.54) is 6.07 Å². The van der Waals surface area contributed by atoms with Crippen molar-refractivity contribution in [1.82, 2.24) is 0 Å². The summed E-state index contributed by atoms with van der Waals surface area (Å²) in [6.45, 7) is 0. The Kier molecular flexibility index (Phi) is 2.70. The summed E-state index contributed by atoms with van der Waals surface area (Å²) in [6.07, 6.45) is 1.00. The van der Waals surface area contributed by atoms with E-state index in [-0.39, 0.29) is 24.3 Å². The van der Waals surface area contributed by atoms with E-state index in [2.05, 4.69) is 0 Å². The summed E-state index contributed by atoms with van der Waals surface area (Å²) in [6, 6.07) is 6.95. The van der Waals surface area contributed by atoms with Crippen molar-refractivity contribution in [3.63, 3.8) is 0 Å². The summed E-state index contributed by atoms with van der Waals surface area (Å²) in [5.74, 6) is 0.243. The number of hydrogen-bond acceptors (Lipinski definition) is 1. The Balaban J connectivity index is 0.000000720. The van der Waals surface area contributed by atoms with Gasteiger partial charge in [0.15, 0.2) is 0 Å². The standard InChI is InChI=1S/C9H10FN.ClH/c10-7-3-1-2-6(4-7)8-5-9(8)11;/h1-4,8-9H,5,11H2;1H/t8-,9+;/m0./s1. The molecule has 0 aliphatic heterocycles. The van der Waals surface area contributed by atoms with E-state index in [4.69, 9.17) is 5.73 Å². The molecular weight excluding hydrogens is 177 g/mol. The fraction of sp³-hybridized carbons (Fsp3) is 0.333. The van der Waals surface area contributed by atoms with Crippen LogP contribution in [0.4, 0.5) is 4.39 Å². The maximum Gasteiger partial charge on any atom is 0.123 e. The van der Waals surface area contributed by atoms with E-state index < -0.39 is 0 Å². The van der Waals surface area contributed by atoms with Gasteiger partial charge >= 0.3 is 0 Å². The van der Waals surface area contributed by atoms with Crippen molar-refractivity contribution >= 4 is 12.4 Å². The topological polar surface area (TPSA) is 26.0 Å². The highest BCUT2D eigenvalue weighted by atomic mass is 35.5. The van der Waals surface area contributed by atoms with Crippen LogP contribution in [0.15, 0.2) is 24.3 Å². The molecule has 3 heteroatoms. The molecular formula is C9H11ClFN. The quantitative estimate of drug-likeness (QED) is 0.716. The maximum absolute atomic E-state index is 12.6. The Morgan fingerprint density at radius 2 is 2.08 bits per heavy atom. The normalized spacial score (nSPS) is 26.2. The van der Waals surface area contributed by atoms with Crippen LogP contribution in [0.2, 0.25) is 0 Å². The second kappa shape index (κ2) is 3.42. The summed E-state index contributed by atoms with van der Waals surface area (Å²) in [7, 11) is 0. The smallest absolute Gasteiger partial charge is 0.123 e. The molecule has 0 heterocycles. The zero-order valence-electron chi connectivity index (χ0n) is 6.53. The maximum atomic E-state index is 12.6. The molecule has 1 saturated carbocycles. The lowest BCUT2D eigenvalue weighted by Gasteiger charge is -1.96. The van der Waals surface area contributed by atoms with Gasteiger partial charge in [0.25, 0.3) is 0 Å². The van der Waals surface area contributed by atoms with Crippen LogP contribution in [0.5, 0.6) is 0 Å². The van der Waals surface area contributed by atoms with Crippen LogP contribution in [0.1, 0.15) is 17.9 Å². The average molecular weight is 188 g/mol. The van der Waals surface area contributed by atoms with Gasteiger partial charge in [-0.15, -0.1) is 12.4 Å². The Morgan fingerprint density at radius 3 is 2.58 bits per heavy atom. The number of hydrogen-bond donors (Lipinski definition) is 1. The van der Waals surface area contributed by atoms with Crippen molar-refractivity contribution in [3.8, 4) is 0 Å². The lowest BCUT2D eigenvalue weighted by atomic mass is 10.1. The Labute approximate surface area is 77.2 Å². The van der Waals surface area contributed by atoms with Crippen molar-refractivity contribution in [2.45, 2.75) is 18.4 Å². The molecule has 1 aliphatic rings. The molecule has 2 rings (SSSR count). The third kappa shape index (κ3) is 1.76. The van der Waals surface area contributed by atoms with Gasteiger partial charge in [0.1, 0.15) is 5.82 Å². The van der Waals surface area contributed by atoms with Gasteiger partial charge in [-0.2, -0.15) is 0 Å². The van der Waals surface area contributed by atoms with E-state index >= 15 is 0 Å². The molecule has 2 N–H and O–H groups in total. The van der Waals surface area contributed by atoms with Gasteiger partial charge in [0.2, 0.25) is 0 Å². The fourth-order valence-corrected chi connectivity index (χ4v) is 1.34. The second-order valence-corrected chi connectivity index (χ2v) is 3.06. The molecule has 1 nitrogen and oxygen atoms in total. The SMILES string of the molecule is Cl.N[C@@H]1C[C@H]1c1cccc(F)c1. The zero-order chi connectivity index (χ0) is 7.84. The number of halogens is 2. The van der Waals surface area contributed by atoms with Gasteiger partial charge in [0.05, 0.1) is 0 Å². The highest BCUT2D eigenvalue weighted by Crippen LogP contribution is 2.38. The predicted octanol–water partition coefficient (Wildman–Crippen LogP) is 2.06. The zero-order valence-corrected chi connectivity index (χ0v) is 7.35. The number of benzene rings is 1. The van der Waals surface area contributed by atoms with Crippen LogP contribution in [0.3, 0.4) is 0 Å². The third-order valence-corrected chi connectivity index (χ3v) is 2.12. The van der Waals surface area contributed by atoms with Crippen LogP contribution in [0, 0.1) is 5.82 Å². The third-order valence-electron chi connectivity index (χ3n) is 2.12. The average Bonchev–Trinajstić information content (AvgIpc) is 2.67. The molecule has 0 aromatic heterocycles. The van der Waals surface area contributed by atoms with E-state index in [9.17, 15) is 4.39 Å². The molecule has 0 unspecified atom stereocenters. The summed E-state index contributed by atoms with van der Waals surface area (Å²) in [4.78, 5) is 0. The van der Waals surface area contributed by atoms with E-state index in [0.717, 1.165) is 12.0 Å². The van der Waals surface area contributed by atoms with Crippen molar-refractivity contribution in [3.05, 3.63) is 35.6 Å². The van der Waals surface area contributed by atoms with Gasteiger partial charge in [0, 0.05) is 12.0 Å². The van der Waals surface area contributed by atoms with Crippen molar-refractivity contribution in [2.24, 2.45) is 5.73 Å². The van der Waals surface area contributed by atoms with Crippen LogP contribution in [-0.4, -0.2) is 6.04 Å². The molecule has 12 heavy (non-hydrogen) atoms. The molecule has 0 radical (unpaired) electrons. The van der Waals surface area contributed by atoms with Gasteiger partial charge in [-0.25, -0.2) is 4.39 Å². The summed E-state index contributed by atoms with van der Waals surface area (Å²) < 4.78 is 12.6. The molecule has 0 bridgehead atoms. The highest BCUT2D eigenvalue weighted by Gasteiger charge is 2.34. The van der Waals surface area contributed by atoms with Crippen LogP contribution >= 0.6 is 12.4 Å². The second-order valence-electron chi connectivity index (χ2n) is 3.06. The van der Waals surface area contributed by atoms with Crippen LogP contribution in [-0.2, 0) is 0 Å². The van der Waals surface area contributed by atoms with Gasteiger partial charge < -0.3 is 5.73 Å². The lowest BCUT2D eigenvalue weighted by Crippen LogP contribution is -2.00. The van der Waals surface area contributed by atoms with E-state index in [0.29, 0.717) is 5.92 Å². The highest BCUT2D eigenvalue weighted by molar-refractivity contribution is 5.85. The molecule has 1 aliphatic carbocycles. The number of rotatable bonds is 1.